The van der Waals surface area contributed by atoms with Gasteiger partial charge >= 0.3 is 0 Å². The van der Waals surface area contributed by atoms with E-state index in [0.29, 0.717) is 28.8 Å². The molecule has 1 atom stereocenters. The summed E-state index contributed by atoms with van der Waals surface area (Å²) in [5, 5.41) is 9.49. The molecule has 1 aromatic rings. The van der Waals surface area contributed by atoms with Gasteiger partial charge in [0.1, 0.15) is 5.75 Å². The van der Waals surface area contributed by atoms with Crippen molar-refractivity contribution in [2.24, 2.45) is 5.92 Å². The van der Waals surface area contributed by atoms with Crippen molar-refractivity contribution in [3.63, 3.8) is 0 Å². The maximum absolute atomic E-state index is 12.4. The van der Waals surface area contributed by atoms with Gasteiger partial charge in [-0.2, -0.15) is 0 Å². The smallest absolute Gasteiger partial charge is 0.257 e. The Labute approximate surface area is 117 Å². The lowest BCUT2D eigenvalue weighted by Gasteiger charge is -2.18. The van der Waals surface area contributed by atoms with Gasteiger partial charge in [-0.05, 0) is 37.0 Å². The predicted molar refractivity (Wildman–Crippen MR) is 73.7 cm³/mol. The molecular formula is C14H18ClNO3. The van der Waals surface area contributed by atoms with Crippen molar-refractivity contribution in [3.8, 4) is 5.75 Å². The number of methoxy groups -OCH3 is 1. The lowest BCUT2D eigenvalue weighted by Crippen LogP contribution is -2.29. The average molecular weight is 284 g/mol. The van der Waals surface area contributed by atoms with Crippen LogP contribution in [0.2, 0.25) is 5.02 Å². The average Bonchev–Trinajstić information content (AvgIpc) is 2.87. The molecule has 1 N–H and O–H groups in total. The third-order valence-electron chi connectivity index (χ3n) is 3.50. The van der Waals surface area contributed by atoms with E-state index in [1.807, 2.05) is 4.90 Å². The number of aliphatic hydroxyl groups is 1. The molecule has 1 saturated heterocycles. The van der Waals surface area contributed by atoms with E-state index < -0.39 is 0 Å². The number of ether oxygens (including phenoxy) is 1. The predicted octanol–water partition coefficient (Wildman–Crippen LogP) is 2.19. The summed E-state index contributed by atoms with van der Waals surface area (Å²) in [5.41, 5.74) is 0.538. The highest BCUT2D eigenvalue weighted by molar-refractivity contribution is 6.30. The summed E-state index contributed by atoms with van der Waals surface area (Å²) < 4.78 is 5.21. The highest BCUT2D eigenvalue weighted by Crippen LogP contribution is 2.27. The molecule has 0 aliphatic carbocycles. The fraction of sp³-hybridized carbons (Fsp3) is 0.500. The maximum Gasteiger partial charge on any atom is 0.257 e. The topological polar surface area (TPSA) is 49.8 Å². The van der Waals surface area contributed by atoms with E-state index in [0.717, 1.165) is 19.4 Å². The Hall–Kier alpha value is -1.26. The van der Waals surface area contributed by atoms with Crippen molar-refractivity contribution >= 4 is 17.5 Å². The molecule has 1 heterocycles. The van der Waals surface area contributed by atoms with E-state index in [4.69, 9.17) is 21.4 Å². The van der Waals surface area contributed by atoms with E-state index in [-0.39, 0.29) is 12.5 Å². The zero-order chi connectivity index (χ0) is 13.8. The zero-order valence-corrected chi connectivity index (χ0v) is 11.7. The Bertz CT molecular complexity index is 464. The molecule has 104 valence electrons. The van der Waals surface area contributed by atoms with Gasteiger partial charge in [0, 0.05) is 24.7 Å². The van der Waals surface area contributed by atoms with Crippen molar-refractivity contribution in [1.82, 2.24) is 4.90 Å². The van der Waals surface area contributed by atoms with Crippen LogP contribution in [0.25, 0.3) is 0 Å². The quantitative estimate of drug-likeness (QED) is 0.921. The van der Waals surface area contributed by atoms with Gasteiger partial charge in [0.15, 0.2) is 0 Å². The lowest BCUT2D eigenvalue weighted by molar-refractivity contribution is 0.0781. The van der Waals surface area contributed by atoms with E-state index >= 15 is 0 Å². The summed E-state index contributed by atoms with van der Waals surface area (Å²) in [7, 11) is 1.53. The molecule has 1 unspecified atom stereocenters. The third kappa shape index (κ3) is 3.19. The molecule has 0 aromatic heterocycles. The van der Waals surface area contributed by atoms with Gasteiger partial charge in [-0.1, -0.05) is 11.6 Å². The first-order valence-corrected chi connectivity index (χ1v) is 6.77. The molecule has 1 aliphatic heterocycles. The summed E-state index contributed by atoms with van der Waals surface area (Å²) in [4.78, 5) is 14.2. The monoisotopic (exact) mass is 283 g/mol. The zero-order valence-electron chi connectivity index (χ0n) is 10.9. The number of carbonyl (C=O) groups excluding carboxylic acids is 1. The van der Waals surface area contributed by atoms with E-state index in [9.17, 15) is 4.79 Å². The Morgan fingerprint density at radius 2 is 2.37 bits per heavy atom. The Morgan fingerprint density at radius 1 is 1.58 bits per heavy atom. The number of carbonyl (C=O) groups is 1. The first-order valence-electron chi connectivity index (χ1n) is 6.39. The molecule has 19 heavy (non-hydrogen) atoms. The van der Waals surface area contributed by atoms with Crippen LogP contribution in [0.5, 0.6) is 5.75 Å². The number of aliphatic hydroxyl groups excluding tert-OH is 1. The second-order valence-electron chi connectivity index (χ2n) is 4.76. The van der Waals surface area contributed by atoms with Gasteiger partial charge < -0.3 is 14.7 Å². The molecule has 0 saturated carbocycles. The number of amides is 1. The molecule has 0 bridgehead atoms. The van der Waals surface area contributed by atoms with Crippen LogP contribution in [0, 0.1) is 5.92 Å². The maximum atomic E-state index is 12.4. The molecule has 4 nitrogen and oxygen atoms in total. The number of benzene rings is 1. The van der Waals surface area contributed by atoms with Crippen molar-refractivity contribution in [3.05, 3.63) is 28.8 Å². The summed E-state index contributed by atoms with van der Waals surface area (Å²) in [5.74, 6) is 0.865. The van der Waals surface area contributed by atoms with Crippen LogP contribution < -0.4 is 4.74 Å². The number of halogens is 1. The second kappa shape index (κ2) is 6.26. The normalized spacial score (nSPS) is 18.7. The molecule has 1 fully saturated rings. The first-order chi connectivity index (χ1) is 9.15. The van der Waals surface area contributed by atoms with Gasteiger partial charge in [0.25, 0.3) is 5.91 Å². The molecular weight excluding hydrogens is 266 g/mol. The van der Waals surface area contributed by atoms with Crippen LogP contribution >= 0.6 is 11.6 Å². The SMILES string of the molecule is COc1cc(Cl)ccc1C(=O)N1CCC(CCO)C1. The highest BCUT2D eigenvalue weighted by atomic mass is 35.5. The number of rotatable bonds is 4. The van der Waals surface area contributed by atoms with Crippen molar-refractivity contribution in [2.75, 3.05) is 26.8 Å². The van der Waals surface area contributed by atoms with Gasteiger partial charge in [-0.25, -0.2) is 0 Å². The van der Waals surface area contributed by atoms with Crippen LogP contribution in [0.1, 0.15) is 23.2 Å². The van der Waals surface area contributed by atoms with Gasteiger partial charge in [-0.15, -0.1) is 0 Å². The van der Waals surface area contributed by atoms with Crippen LogP contribution in [0.3, 0.4) is 0 Å². The van der Waals surface area contributed by atoms with Gasteiger partial charge in [0.2, 0.25) is 0 Å². The number of hydrogen-bond acceptors (Lipinski definition) is 3. The fourth-order valence-electron chi connectivity index (χ4n) is 2.45. The van der Waals surface area contributed by atoms with Crippen LogP contribution in [-0.2, 0) is 0 Å². The summed E-state index contributed by atoms with van der Waals surface area (Å²) in [6, 6.07) is 5.04. The summed E-state index contributed by atoms with van der Waals surface area (Å²) in [6.45, 7) is 1.61. The number of nitrogens with zero attached hydrogens (tertiary/aromatic N) is 1. The number of hydrogen-bond donors (Lipinski definition) is 1. The molecule has 1 aromatic carbocycles. The largest absolute Gasteiger partial charge is 0.496 e. The van der Waals surface area contributed by atoms with Crippen LogP contribution in [-0.4, -0.2) is 42.7 Å². The summed E-state index contributed by atoms with van der Waals surface area (Å²) >= 11 is 5.89. The number of likely N-dealkylation sites (tertiary alicyclic amines) is 1. The van der Waals surface area contributed by atoms with E-state index in [1.54, 1.807) is 18.2 Å². The van der Waals surface area contributed by atoms with Crippen molar-refractivity contribution in [1.29, 1.82) is 0 Å². The summed E-state index contributed by atoms with van der Waals surface area (Å²) in [6.07, 6.45) is 1.70. The molecule has 0 radical (unpaired) electrons. The third-order valence-corrected chi connectivity index (χ3v) is 3.74. The van der Waals surface area contributed by atoms with Gasteiger partial charge in [0.05, 0.1) is 12.7 Å². The minimum Gasteiger partial charge on any atom is -0.496 e. The van der Waals surface area contributed by atoms with Crippen LogP contribution in [0.15, 0.2) is 18.2 Å². The minimum absolute atomic E-state index is 0.0334. The molecule has 0 spiro atoms. The molecule has 1 aliphatic rings. The van der Waals surface area contributed by atoms with E-state index in [2.05, 4.69) is 0 Å². The standard InChI is InChI=1S/C14H18ClNO3/c1-19-13-8-11(15)2-3-12(13)14(18)16-6-4-10(9-16)5-7-17/h2-3,8,10,17H,4-7,9H2,1H3. The Balaban J connectivity index is 2.12. The molecule has 1 amide bonds. The van der Waals surface area contributed by atoms with Crippen molar-refractivity contribution < 1.29 is 14.6 Å². The molecule has 2 rings (SSSR count). The lowest BCUT2D eigenvalue weighted by atomic mass is 10.1. The second-order valence-corrected chi connectivity index (χ2v) is 5.20. The van der Waals surface area contributed by atoms with E-state index in [1.165, 1.54) is 7.11 Å². The Morgan fingerprint density at radius 3 is 3.05 bits per heavy atom. The Kier molecular flexibility index (Phi) is 4.66. The first kappa shape index (κ1) is 14.2. The fourth-order valence-corrected chi connectivity index (χ4v) is 2.61. The van der Waals surface area contributed by atoms with Crippen LogP contribution in [0.4, 0.5) is 0 Å². The molecule has 5 heteroatoms. The van der Waals surface area contributed by atoms with Gasteiger partial charge in [-0.3, -0.25) is 4.79 Å². The highest BCUT2D eigenvalue weighted by Gasteiger charge is 2.28. The minimum atomic E-state index is -0.0334. The van der Waals surface area contributed by atoms with Crippen molar-refractivity contribution in [2.45, 2.75) is 12.8 Å².